The number of benzene rings is 2. The van der Waals surface area contributed by atoms with E-state index in [0.717, 1.165) is 41.8 Å². The molecular weight excluding hydrogens is 471 g/mol. The highest BCUT2D eigenvalue weighted by atomic mass is 19.3. The lowest BCUT2D eigenvalue weighted by molar-refractivity contribution is -0.0443. The number of hydrogen-bond donors (Lipinski definition) is 2. The minimum atomic E-state index is -3.76. The van der Waals surface area contributed by atoms with Crippen molar-refractivity contribution in [2.24, 2.45) is 16.8 Å². The molecule has 35 heavy (non-hydrogen) atoms. The van der Waals surface area contributed by atoms with Crippen LogP contribution in [0.25, 0.3) is 0 Å². The molecule has 0 saturated carbocycles. The van der Waals surface area contributed by atoms with Crippen LogP contribution in [0, 0.1) is 28.8 Å². The maximum Gasteiger partial charge on any atom is 0.298 e. The smallest absolute Gasteiger partial charge is 0.298 e. The van der Waals surface area contributed by atoms with E-state index in [4.69, 9.17) is 21.7 Å². The summed E-state index contributed by atoms with van der Waals surface area (Å²) in [5.41, 5.74) is -0.918. The van der Waals surface area contributed by atoms with Gasteiger partial charge in [-0.15, -0.1) is 0 Å². The van der Waals surface area contributed by atoms with Crippen LogP contribution in [0.1, 0.15) is 28.3 Å². The number of hydrogen-bond acceptors (Lipinski definition) is 6. The lowest BCUT2D eigenvalue weighted by Gasteiger charge is -2.29. The Balaban J connectivity index is 1.83. The first-order valence-corrected chi connectivity index (χ1v) is 10.0. The first-order chi connectivity index (χ1) is 16.6. The molecule has 0 aliphatic heterocycles. The van der Waals surface area contributed by atoms with E-state index in [2.05, 4.69) is 10.1 Å². The van der Waals surface area contributed by atoms with Crippen molar-refractivity contribution < 1.29 is 26.7 Å². The third-order valence-corrected chi connectivity index (χ3v) is 5.02. The van der Waals surface area contributed by atoms with Gasteiger partial charge in [-0.2, -0.15) is 19.1 Å². The van der Waals surface area contributed by atoms with Gasteiger partial charge >= 0.3 is 0 Å². The number of nitrogens with two attached hydrogens (primary N) is 2. The Bertz CT molecular complexity index is 1250. The molecule has 1 atom stereocenters. The number of nitriles is 1. The van der Waals surface area contributed by atoms with Crippen LogP contribution in [0.2, 0.25) is 0 Å². The van der Waals surface area contributed by atoms with Crippen LogP contribution in [0.5, 0.6) is 5.75 Å². The number of ether oxygens (including phenoxy) is 1. The highest BCUT2D eigenvalue weighted by Gasteiger charge is 2.45. The zero-order valence-corrected chi connectivity index (χ0v) is 18.0. The minimum absolute atomic E-state index is 0.106. The number of rotatable bonds is 9. The second kappa shape index (κ2) is 10.8. The van der Waals surface area contributed by atoms with Crippen LogP contribution < -0.4 is 16.4 Å². The van der Waals surface area contributed by atoms with Gasteiger partial charge in [0.2, 0.25) is 0 Å². The molecule has 0 aliphatic rings. The fourth-order valence-electron chi connectivity index (χ4n) is 3.28. The predicted octanol–water partition coefficient (Wildman–Crippen LogP) is 3.90. The molecule has 1 aromatic heterocycles. The van der Waals surface area contributed by atoms with Crippen molar-refractivity contribution in [1.82, 2.24) is 9.99 Å². The van der Waals surface area contributed by atoms with Crippen LogP contribution in [0.15, 0.2) is 59.8 Å². The van der Waals surface area contributed by atoms with Gasteiger partial charge in [-0.3, -0.25) is 9.99 Å². The molecule has 0 radical (unpaired) electrons. The molecule has 0 bridgehead atoms. The second-order valence-electron chi connectivity index (χ2n) is 7.40. The normalized spacial score (nSPS) is 12.4. The van der Waals surface area contributed by atoms with E-state index in [-0.39, 0.29) is 17.9 Å². The highest BCUT2D eigenvalue weighted by molar-refractivity contribution is 5.53. The summed E-state index contributed by atoms with van der Waals surface area (Å²) in [6.45, 7) is -0.732. The van der Waals surface area contributed by atoms with Crippen molar-refractivity contribution in [3.63, 3.8) is 0 Å². The summed E-state index contributed by atoms with van der Waals surface area (Å²) in [6, 6.07) is 10.1. The van der Waals surface area contributed by atoms with Crippen LogP contribution in [-0.2, 0) is 12.5 Å². The minimum Gasteiger partial charge on any atom is -0.487 e. The molecule has 0 spiro atoms. The van der Waals surface area contributed by atoms with Gasteiger partial charge in [0, 0.05) is 12.6 Å². The SMILES string of the molecule is N#Cc1ccc(COc2ccc(C(F)(F)C(CN(N)/C=N\N)c3ccc(F)cc3F)nc2)cc1F. The van der Waals surface area contributed by atoms with Crippen LogP contribution in [-0.4, -0.2) is 22.9 Å². The van der Waals surface area contributed by atoms with Gasteiger partial charge in [0.05, 0.1) is 17.7 Å². The largest absolute Gasteiger partial charge is 0.487 e. The number of halogens is 5. The maximum atomic E-state index is 15.5. The van der Waals surface area contributed by atoms with Crippen molar-refractivity contribution in [2.45, 2.75) is 18.4 Å². The monoisotopic (exact) mass is 490 g/mol. The molecule has 2 aromatic carbocycles. The van der Waals surface area contributed by atoms with E-state index in [1.165, 1.54) is 18.2 Å². The van der Waals surface area contributed by atoms with Crippen LogP contribution >= 0.6 is 0 Å². The summed E-state index contributed by atoms with van der Waals surface area (Å²) < 4.78 is 77.9. The van der Waals surface area contributed by atoms with Gasteiger partial charge in [0.25, 0.3) is 5.92 Å². The highest BCUT2D eigenvalue weighted by Crippen LogP contribution is 2.42. The predicted molar refractivity (Wildman–Crippen MR) is 116 cm³/mol. The molecule has 7 nitrogen and oxygen atoms in total. The first-order valence-electron chi connectivity index (χ1n) is 10.0. The molecule has 1 heterocycles. The van der Waals surface area contributed by atoms with E-state index in [1.54, 1.807) is 6.07 Å². The summed E-state index contributed by atoms with van der Waals surface area (Å²) in [6.07, 6.45) is 1.91. The lowest BCUT2D eigenvalue weighted by atomic mass is 9.89. The van der Waals surface area contributed by atoms with Crippen LogP contribution in [0.3, 0.4) is 0 Å². The van der Waals surface area contributed by atoms with E-state index < -0.39 is 47.1 Å². The summed E-state index contributed by atoms with van der Waals surface area (Å²) in [7, 11) is 0. The molecule has 0 fully saturated rings. The average Bonchev–Trinajstić information content (AvgIpc) is 2.82. The van der Waals surface area contributed by atoms with Gasteiger partial charge in [0.1, 0.15) is 47.9 Å². The Labute approximate surface area is 197 Å². The molecule has 12 heteroatoms. The number of hydrazine groups is 1. The average molecular weight is 490 g/mol. The molecule has 3 aromatic rings. The Hall–Kier alpha value is -4.24. The fourth-order valence-corrected chi connectivity index (χ4v) is 3.28. The molecule has 1 unspecified atom stereocenters. The molecule has 3 rings (SSSR count). The number of aromatic nitrogens is 1. The van der Waals surface area contributed by atoms with Crippen molar-refractivity contribution in [3.8, 4) is 11.8 Å². The quantitative estimate of drug-likeness (QED) is 0.155. The third-order valence-electron chi connectivity index (χ3n) is 5.02. The third kappa shape index (κ3) is 6.01. The topological polar surface area (TPSA) is 114 Å². The molecule has 0 aliphatic carbocycles. The Morgan fingerprint density at radius 2 is 1.89 bits per heavy atom. The van der Waals surface area contributed by atoms with Crippen molar-refractivity contribution in [2.75, 3.05) is 6.54 Å². The van der Waals surface area contributed by atoms with E-state index in [0.29, 0.717) is 11.6 Å². The fraction of sp³-hybridized carbons (Fsp3) is 0.174. The lowest BCUT2D eigenvalue weighted by Crippen LogP contribution is -2.40. The van der Waals surface area contributed by atoms with Crippen molar-refractivity contribution in [1.29, 1.82) is 5.26 Å². The Morgan fingerprint density at radius 1 is 1.11 bits per heavy atom. The zero-order chi connectivity index (χ0) is 25.6. The molecule has 4 N–H and O–H groups in total. The number of pyridine rings is 1. The summed E-state index contributed by atoms with van der Waals surface area (Å²) in [5.74, 6) is 2.26. The van der Waals surface area contributed by atoms with Gasteiger partial charge in [-0.25, -0.2) is 19.0 Å². The molecule has 182 valence electrons. The zero-order valence-electron chi connectivity index (χ0n) is 18.0. The van der Waals surface area contributed by atoms with Crippen molar-refractivity contribution >= 4 is 6.34 Å². The molecule has 0 amide bonds. The number of hydrazone groups is 1. The Kier molecular flexibility index (Phi) is 7.83. The summed E-state index contributed by atoms with van der Waals surface area (Å²) in [5, 5.41) is 12.7. The van der Waals surface area contributed by atoms with Gasteiger partial charge in [-0.1, -0.05) is 12.1 Å². The molecular formula is C23H19F5N6O. The maximum absolute atomic E-state index is 15.5. The van der Waals surface area contributed by atoms with E-state index in [9.17, 15) is 13.2 Å². The van der Waals surface area contributed by atoms with E-state index >= 15 is 8.78 Å². The Morgan fingerprint density at radius 3 is 2.49 bits per heavy atom. The number of nitrogens with zero attached hydrogens (tertiary/aromatic N) is 4. The van der Waals surface area contributed by atoms with Gasteiger partial charge in [0.15, 0.2) is 0 Å². The van der Waals surface area contributed by atoms with Gasteiger partial charge < -0.3 is 10.6 Å². The molecule has 0 saturated heterocycles. The van der Waals surface area contributed by atoms with E-state index in [1.807, 2.05) is 0 Å². The number of alkyl halides is 2. The standard InChI is InChI=1S/C23H19F5N6O/c24-16-3-5-18(21(26)8-16)19(11-34(31)13-33-30)23(27,28)22-6-4-17(10-32-22)35-12-14-1-2-15(9-29)20(25)7-14/h1-8,10,13,19H,11-12,30-31H2/b33-13-. The van der Waals surface area contributed by atoms with Gasteiger partial charge in [-0.05, 0) is 41.5 Å². The first kappa shape index (κ1) is 25.4. The summed E-state index contributed by atoms with van der Waals surface area (Å²) >= 11 is 0. The second-order valence-corrected chi connectivity index (χ2v) is 7.40. The van der Waals surface area contributed by atoms with Crippen molar-refractivity contribution in [3.05, 3.63) is 94.6 Å². The summed E-state index contributed by atoms with van der Waals surface area (Å²) in [4.78, 5) is 3.75. The van der Waals surface area contributed by atoms with Crippen LogP contribution in [0.4, 0.5) is 22.0 Å².